The number of nitrogens with one attached hydrogen (secondary N) is 1. The van der Waals surface area contributed by atoms with E-state index in [1.165, 1.54) is 6.07 Å². The first-order valence-electron chi connectivity index (χ1n) is 4.82. The summed E-state index contributed by atoms with van der Waals surface area (Å²) >= 11 is 0. The molecule has 0 spiro atoms. The molecule has 0 radical (unpaired) electrons. The van der Waals surface area contributed by atoms with Crippen LogP contribution in [0.1, 0.15) is 11.1 Å². The highest BCUT2D eigenvalue weighted by Gasteiger charge is 2.15. The maximum atomic E-state index is 11.1. The van der Waals surface area contributed by atoms with E-state index in [0.29, 0.717) is 5.56 Å². The summed E-state index contributed by atoms with van der Waals surface area (Å²) in [5.41, 5.74) is 1.17. The first-order valence-corrected chi connectivity index (χ1v) is 6.26. The number of carbonyl (C=O) groups is 1. The Kier molecular flexibility index (Phi) is 4.03. The molecule has 0 saturated carbocycles. The molecule has 1 aromatic rings. The summed E-state index contributed by atoms with van der Waals surface area (Å²) in [6.45, 7) is 5.08. The number of amides is 1. The molecule has 2 N–H and O–H groups in total. The monoisotopic (exact) mass is 255 g/mol. The van der Waals surface area contributed by atoms with Crippen LogP contribution >= 0.6 is 0 Å². The van der Waals surface area contributed by atoms with E-state index >= 15 is 0 Å². The molecular formula is C11H13NO4S. The molecule has 0 bridgehead atoms. The Balaban J connectivity index is 3.08. The number of hydrogen-bond donors (Lipinski definition) is 2. The fourth-order valence-corrected chi connectivity index (χ4v) is 2.05. The van der Waals surface area contributed by atoms with Gasteiger partial charge in [0.1, 0.15) is 0 Å². The topological polar surface area (TPSA) is 83.5 Å². The highest BCUT2D eigenvalue weighted by molar-refractivity contribution is 7.85. The van der Waals surface area contributed by atoms with Gasteiger partial charge in [0.15, 0.2) is 0 Å². The van der Waals surface area contributed by atoms with Gasteiger partial charge in [-0.1, -0.05) is 24.3 Å². The molecule has 0 aliphatic rings. The number of rotatable bonds is 4. The summed E-state index contributed by atoms with van der Waals surface area (Å²) in [6.07, 6.45) is 1.09. The van der Waals surface area contributed by atoms with Gasteiger partial charge in [-0.05, 0) is 24.6 Å². The van der Waals surface area contributed by atoms with Crippen molar-refractivity contribution in [3.63, 3.8) is 0 Å². The fraction of sp³-hybridized carbons (Fsp3) is 0.182. The lowest BCUT2D eigenvalue weighted by Gasteiger charge is -2.08. The lowest BCUT2D eigenvalue weighted by molar-refractivity contribution is -0.116. The summed E-state index contributed by atoms with van der Waals surface area (Å²) in [5, 5.41) is 2.46. The second kappa shape index (κ2) is 5.11. The number of benzene rings is 1. The Hall–Kier alpha value is -1.66. The molecule has 0 aliphatic heterocycles. The zero-order chi connectivity index (χ0) is 13.1. The third-order valence-electron chi connectivity index (χ3n) is 2.13. The van der Waals surface area contributed by atoms with Crippen LogP contribution in [0, 0.1) is 6.92 Å². The molecule has 0 fully saturated rings. The second-order valence-electron chi connectivity index (χ2n) is 3.51. The highest BCUT2D eigenvalue weighted by atomic mass is 32.2. The Labute approximate surface area is 99.9 Å². The van der Waals surface area contributed by atoms with Crippen LogP contribution in [-0.2, 0) is 21.5 Å². The van der Waals surface area contributed by atoms with Gasteiger partial charge < -0.3 is 5.32 Å². The van der Waals surface area contributed by atoms with Crippen LogP contribution in [0.3, 0.4) is 0 Å². The standard InChI is InChI=1S/C11H13NO4S/c1-3-11(13)12-7-9-6-8(2)4-5-10(9)17(14,15)16/h3-6H,1,7H2,2H3,(H,12,13)(H,14,15,16). The molecule has 0 aromatic heterocycles. The van der Waals surface area contributed by atoms with Gasteiger partial charge >= 0.3 is 0 Å². The average Bonchev–Trinajstić information content (AvgIpc) is 2.24. The van der Waals surface area contributed by atoms with Crippen LogP contribution in [0.5, 0.6) is 0 Å². The molecule has 0 heterocycles. The minimum absolute atomic E-state index is 0.0155. The van der Waals surface area contributed by atoms with Crippen molar-refractivity contribution in [1.82, 2.24) is 5.32 Å². The quantitative estimate of drug-likeness (QED) is 0.622. The summed E-state index contributed by atoms with van der Waals surface area (Å²) in [4.78, 5) is 10.8. The predicted octanol–water partition coefficient (Wildman–Crippen LogP) is 1.04. The van der Waals surface area contributed by atoms with E-state index in [1.807, 2.05) is 0 Å². The molecule has 6 heteroatoms. The van der Waals surface area contributed by atoms with Crippen LogP contribution in [-0.4, -0.2) is 18.9 Å². The molecular weight excluding hydrogens is 242 g/mol. The maximum absolute atomic E-state index is 11.1. The van der Waals surface area contributed by atoms with E-state index in [0.717, 1.165) is 11.6 Å². The maximum Gasteiger partial charge on any atom is 0.294 e. The molecule has 0 aliphatic carbocycles. The van der Waals surface area contributed by atoms with Crippen LogP contribution < -0.4 is 5.32 Å². The molecule has 17 heavy (non-hydrogen) atoms. The third kappa shape index (κ3) is 3.69. The molecule has 5 nitrogen and oxygen atoms in total. The molecule has 0 atom stereocenters. The van der Waals surface area contributed by atoms with Crippen LogP contribution in [0.25, 0.3) is 0 Å². The van der Waals surface area contributed by atoms with Gasteiger partial charge in [0.2, 0.25) is 5.91 Å². The molecule has 1 aromatic carbocycles. The summed E-state index contributed by atoms with van der Waals surface area (Å²) < 4.78 is 31.2. The lowest BCUT2D eigenvalue weighted by Crippen LogP contribution is -2.21. The van der Waals surface area contributed by atoms with Crippen LogP contribution in [0.2, 0.25) is 0 Å². The summed E-state index contributed by atoms with van der Waals surface area (Å²) in [7, 11) is -4.28. The zero-order valence-corrected chi connectivity index (χ0v) is 10.1. The van der Waals surface area contributed by atoms with Gasteiger partial charge in [-0.2, -0.15) is 8.42 Å². The minimum atomic E-state index is -4.28. The van der Waals surface area contributed by atoms with E-state index < -0.39 is 16.0 Å². The van der Waals surface area contributed by atoms with Crippen molar-refractivity contribution < 1.29 is 17.8 Å². The first kappa shape index (κ1) is 13.4. The zero-order valence-electron chi connectivity index (χ0n) is 9.30. The van der Waals surface area contributed by atoms with E-state index in [2.05, 4.69) is 11.9 Å². The van der Waals surface area contributed by atoms with Gasteiger partial charge in [-0.15, -0.1) is 0 Å². The number of carbonyl (C=O) groups excluding carboxylic acids is 1. The van der Waals surface area contributed by atoms with E-state index in [-0.39, 0.29) is 11.4 Å². The fourth-order valence-electron chi connectivity index (χ4n) is 1.35. The molecule has 92 valence electrons. The van der Waals surface area contributed by atoms with Crippen molar-refractivity contribution in [2.24, 2.45) is 0 Å². The predicted molar refractivity (Wildman–Crippen MR) is 63.0 cm³/mol. The first-order chi connectivity index (χ1) is 7.84. The SMILES string of the molecule is C=CC(=O)NCc1cc(C)ccc1S(=O)(=O)O. The van der Waals surface area contributed by atoms with Crippen molar-refractivity contribution in [2.45, 2.75) is 18.4 Å². The molecule has 1 amide bonds. The van der Waals surface area contributed by atoms with E-state index in [1.54, 1.807) is 19.1 Å². The largest absolute Gasteiger partial charge is 0.348 e. The van der Waals surface area contributed by atoms with E-state index in [9.17, 15) is 13.2 Å². The molecule has 1 rings (SSSR count). The van der Waals surface area contributed by atoms with E-state index in [4.69, 9.17) is 4.55 Å². The second-order valence-corrected chi connectivity index (χ2v) is 4.90. The summed E-state index contributed by atoms with van der Waals surface area (Å²) in [6, 6.07) is 4.47. The van der Waals surface area contributed by atoms with Crippen molar-refractivity contribution >= 4 is 16.0 Å². The van der Waals surface area contributed by atoms with Crippen molar-refractivity contribution in [3.8, 4) is 0 Å². The van der Waals surface area contributed by atoms with Gasteiger partial charge in [0, 0.05) is 6.54 Å². The Bertz CT molecular complexity index is 549. The normalized spacial score (nSPS) is 10.9. The third-order valence-corrected chi connectivity index (χ3v) is 3.09. The summed E-state index contributed by atoms with van der Waals surface area (Å²) in [5.74, 6) is -0.409. The van der Waals surface area contributed by atoms with Gasteiger partial charge in [-0.25, -0.2) is 0 Å². The Morgan fingerprint density at radius 2 is 2.18 bits per heavy atom. The molecule has 0 unspecified atom stereocenters. The smallest absolute Gasteiger partial charge is 0.294 e. The van der Waals surface area contributed by atoms with Crippen LogP contribution in [0.15, 0.2) is 35.7 Å². The van der Waals surface area contributed by atoms with Crippen LogP contribution in [0.4, 0.5) is 0 Å². The highest BCUT2D eigenvalue weighted by Crippen LogP contribution is 2.17. The minimum Gasteiger partial charge on any atom is -0.348 e. The number of aryl methyl sites for hydroxylation is 1. The molecule has 0 saturated heterocycles. The van der Waals surface area contributed by atoms with Crippen molar-refractivity contribution in [1.29, 1.82) is 0 Å². The Morgan fingerprint density at radius 1 is 1.53 bits per heavy atom. The van der Waals surface area contributed by atoms with Gasteiger partial charge in [-0.3, -0.25) is 9.35 Å². The average molecular weight is 255 g/mol. The van der Waals surface area contributed by atoms with Crippen molar-refractivity contribution in [2.75, 3.05) is 0 Å². The van der Waals surface area contributed by atoms with Crippen molar-refractivity contribution in [3.05, 3.63) is 42.0 Å². The van der Waals surface area contributed by atoms with Gasteiger partial charge in [0.25, 0.3) is 10.1 Å². The number of hydrogen-bond acceptors (Lipinski definition) is 3. The van der Waals surface area contributed by atoms with Gasteiger partial charge in [0.05, 0.1) is 4.90 Å². The lowest BCUT2D eigenvalue weighted by atomic mass is 10.1. The Morgan fingerprint density at radius 3 is 2.71 bits per heavy atom.